The predicted molar refractivity (Wildman–Crippen MR) is 127 cm³/mol. The van der Waals surface area contributed by atoms with Crippen LogP contribution in [0.3, 0.4) is 0 Å². The second kappa shape index (κ2) is 8.93. The van der Waals surface area contributed by atoms with E-state index in [4.69, 9.17) is 11.6 Å². The van der Waals surface area contributed by atoms with E-state index in [1.807, 2.05) is 29.2 Å². The van der Waals surface area contributed by atoms with Crippen LogP contribution in [0, 0.1) is 0 Å². The number of nitrogens with zero attached hydrogens (tertiary/aromatic N) is 4. The van der Waals surface area contributed by atoms with E-state index < -0.39 is 0 Å². The summed E-state index contributed by atoms with van der Waals surface area (Å²) >= 11 is 6.15. The van der Waals surface area contributed by atoms with Gasteiger partial charge in [0.2, 0.25) is 0 Å². The maximum atomic E-state index is 13.5. The molecule has 0 spiro atoms. The molecule has 31 heavy (non-hydrogen) atoms. The van der Waals surface area contributed by atoms with Crippen molar-refractivity contribution in [3.05, 3.63) is 65.3 Å². The van der Waals surface area contributed by atoms with Gasteiger partial charge in [-0.15, -0.1) is 0 Å². The van der Waals surface area contributed by atoms with Crippen molar-refractivity contribution in [3.63, 3.8) is 0 Å². The van der Waals surface area contributed by atoms with Crippen molar-refractivity contribution in [2.45, 2.75) is 25.9 Å². The number of halogens is 1. The Morgan fingerprint density at radius 1 is 0.871 bits per heavy atom. The Morgan fingerprint density at radius 2 is 1.65 bits per heavy atom. The molecule has 3 aromatic rings. The highest BCUT2D eigenvalue weighted by Crippen LogP contribution is 2.26. The van der Waals surface area contributed by atoms with E-state index >= 15 is 0 Å². The molecule has 0 N–H and O–H groups in total. The largest absolute Gasteiger partial charge is 0.368 e. The van der Waals surface area contributed by atoms with Crippen LogP contribution in [-0.2, 0) is 6.67 Å². The Kier molecular flexibility index (Phi) is 5.88. The van der Waals surface area contributed by atoms with E-state index in [0.29, 0.717) is 0 Å². The molecule has 0 unspecified atom stereocenters. The number of piperazine rings is 1. The molecule has 1 aromatic heterocycles. The number of anilines is 1. The first-order chi connectivity index (χ1) is 15.2. The van der Waals surface area contributed by atoms with Crippen molar-refractivity contribution in [1.82, 2.24) is 14.4 Å². The molecule has 5 rings (SSSR count). The van der Waals surface area contributed by atoms with Crippen molar-refractivity contribution in [2.24, 2.45) is 0 Å². The van der Waals surface area contributed by atoms with Crippen LogP contribution in [-0.4, -0.2) is 59.5 Å². The number of amides is 1. The highest BCUT2D eigenvalue weighted by atomic mass is 35.5. The third-order valence-electron chi connectivity index (χ3n) is 6.56. The summed E-state index contributed by atoms with van der Waals surface area (Å²) in [5.74, 6) is 0.138. The van der Waals surface area contributed by atoms with Crippen molar-refractivity contribution >= 4 is 34.1 Å². The summed E-state index contributed by atoms with van der Waals surface area (Å²) in [6.07, 6.45) is 5.93. The number of piperidine rings is 1. The van der Waals surface area contributed by atoms with Crippen LogP contribution in [0.2, 0.25) is 5.02 Å². The molecular weight excluding hydrogens is 408 g/mol. The SMILES string of the molecule is O=C(c1cn(CN2CCCCC2)c2ccccc12)N1CCN(c2cccc(Cl)c2)CC1. The number of hydrogen-bond acceptors (Lipinski definition) is 3. The van der Waals surface area contributed by atoms with Gasteiger partial charge in [-0.25, -0.2) is 0 Å². The lowest BCUT2D eigenvalue weighted by Gasteiger charge is -2.36. The molecule has 5 nitrogen and oxygen atoms in total. The average molecular weight is 437 g/mol. The molecule has 3 heterocycles. The molecule has 2 aliphatic rings. The fraction of sp³-hybridized carbons (Fsp3) is 0.400. The number of aromatic nitrogens is 1. The Balaban J connectivity index is 1.33. The highest BCUT2D eigenvalue weighted by Gasteiger charge is 2.25. The quantitative estimate of drug-likeness (QED) is 0.594. The van der Waals surface area contributed by atoms with Crippen molar-refractivity contribution in [1.29, 1.82) is 0 Å². The summed E-state index contributed by atoms with van der Waals surface area (Å²) in [5, 5.41) is 1.80. The molecule has 0 radical (unpaired) electrons. The first kappa shape index (κ1) is 20.4. The summed E-state index contributed by atoms with van der Waals surface area (Å²) in [6, 6.07) is 16.3. The zero-order valence-corrected chi connectivity index (χ0v) is 18.6. The zero-order valence-electron chi connectivity index (χ0n) is 17.8. The zero-order chi connectivity index (χ0) is 21.2. The standard InChI is InChI=1S/C25H29ClN4O/c26-20-7-6-8-21(17-20)28-13-15-29(16-14-28)25(31)23-18-30(19-27-11-4-1-5-12-27)24-10-3-2-9-22(23)24/h2-3,6-10,17-18H,1,4-5,11-16,19H2. The number of para-hydroxylation sites is 1. The summed E-state index contributed by atoms with van der Waals surface area (Å²) < 4.78 is 2.26. The number of likely N-dealkylation sites (tertiary alicyclic amines) is 1. The van der Waals surface area contributed by atoms with Crippen LogP contribution in [0.1, 0.15) is 29.6 Å². The van der Waals surface area contributed by atoms with Crippen LogP contribution < -0.4 is 4.90 Å². The summed E-state index contributed by atoms with van der Waals surface area (Å²) in [4.78, 5) is 20.3. The Morgan fingerprint density at radius 3 is 2.42 bits per heavy atom. The lowest BCUT2D eigenvalue weighted by atomic mass is 10.1. The van der Waals surface area contributed by atoms with Gasteiger partial charge in [-0.3, -0.25) is 9.69 Å². The van der Waals surface area contributed by atoms with Gasteiger partial charge in [-0.1, -0.05) is 42.3 Å². The number of benzene rings is 2. The highest BCUT2D eigenvalue weighted by molar-refractivity contribution is 6.30. The van der Waals surface area contributed by atoms with E-state index in [0.717, 1.165) is 73.1 Å². The number of hydrogen-bond donors (Lipinski definition) is 0. The molecule has 2 fully saturated rings. The summed E-state index contributed by atoms with van der Waals surface area (Å²) in [7, 11) is 0. The number of carbonyl (C=O) groups is 1. The van der Waals surface area contributed by atoms with Crippen molar-refractivity contribution in [3.8, 4) is 0 Å². The molecule has 2 aromatic carbocycles. The molecular formula is C25H29ClN4O. The van der Waals surface area contributed by atoms with E-state index in [2.05, 4.69) is 44.8 Å². The molecule has 1 amide bonds. The van der Waals surface area contributed by atoms with E-state index in [-0.39, 0.29) is 5.91 Å². The maximum Gasteiger partial charge on any atom is 0.256 e. The van der Waals surface area contributed by atoms with Gasteiger partial charge >= 0.3 is 0 Å². The van der Waals surface area contributed by atoms with Gasteiger partial charge < -0.3 is 14.4 Å². The first-order valence-electron chi connectivity index (χ1n) is 11.3. The van der Waals surface area contributed by atoms with E-state index in [1.165, 1.54) is 19.3 Å². The first-order valence-corrected chi connectivity index (χ1v) is 11.7. The lowest BCUT2D eigenvalue weighted by molar-refractivity contribution is 0.0748. The third kappa shape index (κ3) is 4.30. The van der Waals surface area contributed by atoms with Crippen LogP contribution in [0.5, 0.6) is 0 Å². The van der Waals surface area contributed by atoms with E-state index in [9.17, 15) is 4.79 Å². The van der Waals surface area contributed by atoms with Gasteiger partial charge in [-0.05, 0) is 50.2 Å². The second-order valence-corrected chi connectivity index (χ2v) is 9.05. The fourth-order valence-corrected chi connectivity index (χ4v) is 5.05. The summed E-state index contributed by atoms with van der Waals surface area (Å²) in [6.45, 7) is 6.21. The lowest BCUT2D eigenvalue weighted by Crippen LogP contribution is -2.48. The number of rotatable bonds is 4. The molecule has 2 aliphatic heterocycles. The van der Waals surface area contributed by atoms with Gasteiger partial charge in [0.15, 0.2) is 0 Å². The third-order valence-corrected chi connectivity index (χ3v) is 6.80. The van der Waals surface area contributed by atoms with Gasteiger partial charge in [0.1, 0.15) is 0 Å². The van der Waals surface area contributed by atoms with Gasteiger partial charge in [0.25, 0.3) is 5.91 Å². The Hall–Kier alpha value is -2.50. The van der Waals surface area contributed by atoms with Gasteiger partial charge in [-0.2, -0.15) is 0 Å². The normalized spacial score (nSPS) is 18.0. The molecule has 0 bridgehead atoms. The minimum atomic E-state index is 0.138. The van der Waals surface area contributed by atoms with Crippen LogP contribution >= 0.6 is 11.6 Å². The topological polar surface area (TPSA) is 31.7 Å². The maximum absolute atomic E-state index is 13.5. The monoisotopic (exact) mass is 436 g/mol. The average Bonchev–Trinajstić information content (AvgIpc) is 3.18. The Bertz CT molecular complexity index is 1060. The van der Waals surface area contributed by atoms with Gasteiger partial charge in [0, 0.05) is 54.0 Å². The van der Waals surface area contributed by atoms with Crippen LogP contribution in [0.15, 0.2) is 54.7 Å². The van der Waals surface area contributed by atoms with E-state index in [1.54, 1.807) is 0 Å². The van der Waals surface area contributed by atoms with Crippen LogP contribution in [0.25, 0.3) is 10.9 Å². The van der Waals surface area contributed by atoms with Crippen molar-refractivity contribution in [2.75, 3.05) is 44.2 Å². The molecule has 6 heteroatoms. The molecule has 0 saturated carbocycles. The molecule has 0 aliphatic carbocycles. The minimum absolute atomic E-state index is 0.138. The minimum Gasteiger partial charge on any atom is -0.368 e. The number of fused-ring (bicyclic) bond motifs is 1. The van der Waals surface area contributed by atoms with Crippen molar-refractivity contribution < 1.29 is 4.79 Å². The number of carbonyl (C=O) groups excluding carboxylic acids is 1. The molecule has 162 valence electrons. The Labute approximate surface area is 188 Å². The van der Waals surface area contributed by atoms with Crippen LogP contribution in [0.4, 0.5) is 5.69 Å². The smallest absolute Gasteiger partial charge is 0.256 e. The molecule has 2 saturated heterocycles. The molecule has 0 atom stereocenters. The second-order valence-electron chi connectivity index (χ2n) is 8.61. The fourth-order valence-electron chi connectivity index (χ4n) is 4.86. The predicted octanol–water partition coefficient (Wildman–Crippen LogP) is 4.70. The summed E-state index contributed by atoms with van der Waals surface area (Å²) in [5.41, 5.74) is 3.09. The van der Waals surface area contributed by atoms with Gasteiger partial charge in [0.05, 0.1) is 12.2 Å².